The van der Waals surface area contributed by atoms with Crippen LogP contribution in [0.2, 0.25) is 0 Å². The van der Waals surface area contributed by atoms with Crippen LogP contribution in [0.15, 0.2) is 58.4 Å². The topological polar surface area (TPSA) is 3.88 Å². The van der Waals surface area contributed by atoms with E-state index in [1.807, 2.05) is 13.2 Å². The van der Waals surface area contributed by atoms with Crippen molar-refractivity contribution in [2.24, 2.45) is 7.05 Å². The predicted molar refractivity (Wildman–Crippen MR) is 86.3 cm³/mol. The van der Waals surface area contributed by atoms with E-state index in [4.69, 9.17) is 0 Å². The molecule has 0 spiro atoms. The molecule has 0 aliphatic heterocycles. The smallest absolute Gasteiger partial charge is 0.176 e. The maximum atomic E-state index is 4.05. The van der Waals surface area contributed by atoms with Gasteiger partial charge in [0.2, 0.25) is 0 Å². The van der Waals surface area contributed by atoms with Gasteiger partial charge < -0.3 is 0 Å². The van der Waals surface area contributed by atoms with Crippen LogP contribution >= 0.6 is 23.5 Å². The maximum absolute atomic E-state index is 4.05. The van der Waals surface area contributed by atoms with E-state index < -0.39 is 0 Å². The molecule has 0 unspecified atom stereocenters. The molecule has 1 heterocycles. The third-order valence-electron chi connectivity index (χ3n) is 2.91. The van der Waals surface area contributed by atoms with Crippen LogP contribution < -0.4 is 4.57 Å². The number of thioether (sulfide) groups is 2. The standard InChI is InChI=1S/C16H18NS2/c1-12-7-8-14(10-16(12)19-13(2)18-4)15-6-5-9-17(3)11-15/h5-11H,2H2,1,3-4H3/q+1. The van der Waals surface area contributed by atoms with E-state index in [-0.39, 0.29) is 0 Å². The molecule has 0 N–H and O–H groups in total. The molecule has 2 rings (SSSR count). The molecular formula is C16H18NS2+. The fraction of sp³-hybridized carbons (Fsp3) is 0.188. The first-order valence-corrected chi connectivity index (χ1v) is 8.11. The fourth-order valence-electron chi connectivity index (χ4n) is 1.81. The van der Waals surface area contributed by atoms with Gasteiger partial charge in [0, 0.05) is 20.8 Å². The number of hydrogen-bond acceptors (Lipinski definition) is 2. The number of aryl methyl sites for hydroxylation is 2. The van der Waals surface area contributed by atoms with Crippen molar-refractivity contribution in [2.45, 2.75) is 11.8 Å². The Morgan fingerprint density at radius 2 is 2.00 bits per heavy atom. The zero-order valence-electron chi connectivity index (χ0n) is 11.5. The molecule has 0 atom stereocenters. The minimum atomic E-state index is 1.12. The summed E-state index contributed by atoms with van der Waals surface area (Å²) in [5, 5.41) is 0. The zero-order valence-corrected chi connectivity index (χ0v) is 13.1. The van der Waals surface area contributed by atoms with Gasteiger partial charge in [-0.15, -0.1) is 11.8 Å². The Bertz CT molecular complexity index is 605. The Labute approximate surface area is 123 Å². The van der Waals surface area contributed by atoms with Gasteiger partial charge in [-0.25, -0.2) is 4.57 Å². The molecule has 0 radical (unpaired) electrons. The Morgan fingerprint density at radius 1 is 1.21 bits per heavy atom. The Hall–Kier alpha value is -1.19. The van der Waals surface area contributed by atoms with Gasteiger partial charge in [-0.05, 0) is 36.4 Å². The largest absolute Gasteiger partial charge is 0.207 e. The second-order valence-corrected chi connectivity index (χ2v) is 6.71. The SMILES string of the molecule is C=C(SC)Sc1cc(-c2ccc[n+](C)c2)ccc1C. The summed E-state index contributed by atoms with van der Waals surface area (Å²) >= 11 is 3.44. The molecule has 3 heteroatoms. The van der Waals surface area contributed by atoms with Crippen LogP contribution in [0.4, 0.5) is 0 Å². The number of pyridine rings is 1. The van der Waals surface area contributed by atoms with Gasteiger partial charge in [0.25, 0.3) is 0 Å². The number of aromatic nitrogens is 1. The average molecular weight is 288 g/mol. The Morgan fingerprint density at radius 3 is 2.68 bits per heavy atom. The molecule has 2 aromatic rings. The monoisotopic (exact) mass is 288 g/mol. The molecule has 98 valence electrons. The highest BCUT2D eigenvalue weighted by Gasteiger charge is 2.07. The first kappa shape index (κ1) is 14.2. The van der Waals surface area contributed by atoms with Gasteiger partial charge >= 0.3 is 0 Å². The minimum absolute atomic E-state index is 1.12. The van der Waals surface area contributed by atoms with E-state index in [2.05, 4.69) is 60.9 Å². The first-order chi connectivity index (χ1) is 9.10. The summed E-state index contributed by atoms with van der Waals surface area (Å²) in [5.74, 6) is 0. The van der Waals surface area contributed by atoms with Crippen LogP contribution in [0.1, 0.15) is 5.56 Å². The van der Waals surface area contributed by atoms with Gasteiger partial charge in [-0.1, -0.05) is 30.5 Å². The lowest BCUT2D eigenvalue weighted by Gasteiger charge is -2.08. The van der Waals surface area contributed by atoms with Crippen molar-refractivity contribution in [3.63, 3.8) is 0 Å². The van der Waals surface area contributed by atoms with Gasteiger partial charge in [-0.2, -0.15) is 0 Å². The van der Waals surface area contributed by atoms with Crippen LogP contribution in [0.3, 0.4) is 0 Å². The van der Waals surface area contributed by atoms with Crippen molar-refractivity contribution in [1.29, 1.82) is 0 Å². The van der Waals surface area contributed by atoms with Crippen LogP contribution in [0.25, 0.3) is 11.1 Å². The van der Waals surface area contributed by atoms with E-state index in [0.29, 0.717) is 0 Å². The summed E-state index contributed by atoms with van der Waals surface area (Å²) in [6.45, 7) is 6.19. The molecule has 1 nitrogen and oxygen atoms in total. The molecule has 0 fully saturated rings. The van der Waals surface area contributed by atoms with Crippen molar-refractivity contribution in [3.05, 3.63) is 59.1 Å². The van der Waals surface area contributed by atoms with Crippen molar-refractivity contribution >= 4 is 23.5 Å². The van der Waals surface area contributed by atoms with E-state index in [1.54, 1.807) is 23.5 Å². The molecule has 0 aliphatic rings. The van der Waals surface area contributed by atoms with Crippen molar-refractivity contribution in [2.75, 3.05) is 6.26 Å². The van der Waals surface area contributed by atoms with E-state index in [0.717, 1.165) is 4.24 Å². The third-order valence-corrected chi connectivity index (χ3v) is 5.01. The van der Waals surface area contributed by atoms with Crippen molar-refractivity contribution in [3.8, 4) is 11.1 Å². The van der Waals surface area contributed by atoms with E-state index in [9.17, 15) is 0 Å². The molecule has 1 aromatic carbocycles. The Kier molecular flexibility index (Phi) is 4.72. The van der Waals surface area contributed by atoms with Crippen molar-refractivity contribution in [1.82, 2.24) is 0 Å². The zero-order chi connectivity index (χ0) is 13.8. The highest BCUT2D eigenvalue weighted by Crippen LogP contribution is 2.35. The van der Waals surface area contributed by atoms with Gasteiger partial charge in [0.1, 0.15) is 7.05 Å². The summed E-state index contributed by atoms with van der Waals surface area (Å²) < 4.78 is 3.20. The molecule has 0 bridgehead atoms. The van der Waals surface area contributed by atoms with Crippen LogP contribution in [-0.2, 0) is 7.05 Å². The lowest BCUT2D eigenvalue weighted by atomic mass is 10.1. The first-order valence-electron chi connectivity index (χ1n) is 6.07. The van der Waals surface area contributed by atoms with Crippen LogP contribution in [0.5, 0.6) is 0 Å². The lowest BCUT2D eigenvalue weighted by molar-refractivity contribution is -0.671. The second-order valence-electron chi connectivity index (χ2n) is 4.42. The quantitative estimate of drug-likeness (QED) is 0.606. The molecule has 0 saturated carbocycles. The molecule has 19 heavy (non-hydrogen) atoms. The molecule has 0 saturated heterocycles. The lowest BCUT2D eigenvalue weighted by Crippen LogP contribution is -2.26. The Balaban J connectivity index is 2.38. The maximum Gasteiger partial charge on any atom is 0.176 e. The third kappa shape index (κ3) is 3.64. The van der Waals surface area contributed by atoms with Crippen LogP contribution in [0, 0.1) is 6.92 Å². The summed E-state index contributed by atoms with van der Waals surface area (Å²) in [4.78, 5) is 1.28. The number of hydrogen-bond donors (Lipinski definition) is 0. The van der Waals surface area contributed by atoms with Gasteiger partial charge in [0.05, 0.1) is 0 Å². The normalized spacial score (nSPS) is 10.5. The van der Waals surface area contributed by atoms with E-state index in [1.165, 1.54) is 21.6 Å². The molecular weight excluding hydrogens is 270 g/mol. The summed E-state index contributed by atoms with van der Waals surface area (Å²) in [6, 6.07) is 10.8. The average Bonchev–Trinajstić information content (AvgIpc) is 2.41. The second kappa shape index (κ2) is 6.31. The fourth-order valence-corrected chi connectivity index (χ4v) is 3.08. The number of benzene rings is 1. The molecule has 0 aliphatic carbocycles. The van der Waals surface area contributed by atoms with Crippen LogP contribution in [-0.4, -0.2) is 6.26 Å². The molecule has 1 aromatic heterocycles. The molecule has 0 amide bonds. The summed E-state index contributed by atoms with van der Waals surface area (Å²) in [6.07, 6.45) is 6.25. The van der Waals surface area contributed by atoms with Gasteiger partial charge in [-0.3, -0.25) is 0 Å². The van der Waals surface area contributed by atoms with Crippen molar-refractivity contribution < 1.29 is 4.57 Å². The number of rotatable bonds is 4. The van der Waals surface area contributed by atoms with E-state index >= 15 is 0 Å². The highest BCUT2D eigenvalue weighted by atomic mass is 32.2. The van der Waals surface area contributed by atoms with Gasteiger partial charge in [0.15, 0.2) is 12.4 Å². The predicted octanol–water partition coefficient (Wildman–Crippen LogP) is 4.41. The number of nitrogens with zero attached hydrogens (tertiary/aromatic N) is 1. The summed E-state index contributed by atoms with van der Waals surface area (Å²) in [5.41, 5.74) is 3.78. The minimum Gasteiger partial charge on any atom is -0.207 e. The summed E-state index contributed by atoms with van der Waals surface area (Å²) in [7, 11) is 2.04. The highest BCUT2D eigenvalue weighted by molar-refractivity contribution is 8.22.